The predicted molar refractivity (Wildman–Crippen MR) is 64.7 cm³/mol. The van der Waals surface area contributed by atoms with Crippen LogP contribution in [-0.4, -0.2) is 49.2 Å². The molecular weight excluding hydrogens is 216 g/mol. The van der Waals surface area contributed by atoms with E-state index in [0.717, 1.165) is 32.5 Å². The first-order valence-corrected chi connectivity index (χ1v) is 6.98. The van der Waals surface area contributed by atoms with Crippen LogP contribution in [0.2, 0.25) is 0 Å². The second kappa shape index (κ2) is 4.94. The van der Waals surface area contributed by atoms with E-state index in [1.807, 2.05) is 0 Å². The van der Waals surface area contributed by atoms with Gasteiger partial charge in [0.1, 0.15) is 0 Å². The third-order valence-electron chi connectivity index (χ3n) is 4.47. The number of hydrogen-bond acceptors (Lipinski definition) is 3. The third-order valence-corrected chi connectivity index (χ3v) is 4.47. The van der Waals surface area contributed by atoms with E-state index < -0.39 is 0 Å². The van der Waals surface area contributed by atoms with Gasteiger partial charge < -0.3 is 15.0 Å². The summed E-state index contributed by atoms with van der Waals surface area (Å²) in [7, 11) is 0. The van der Waals surface area contributed by atoms with Crippen molar-refractivity contribution in [3.63, 3.8) is 0 Å². The van der Waals surface area contributed by atoms with E-state index in [1.165, 1.54) is 19.3 Å². The smallest absolute Gasteiger partial charge is 0.240 e. The molecule has 1 amide bonds. The largest absolute Gasteiger partial charge is 0.379 e. The van der Waals surface area contributed by atoms with Crippen LogP contribution >= 0.6 is 0 Å². The number of rotatable bonds is 1. The molecule has 3 fully saturated rings. The first-order chi connectivity index (χ1) is 8.36. The fourth-order valence-electron chi connectivity index (χ4n) is 3.55. The Balaban J connectivity index is 1.72. The predicted octanol–water partition coefficient (Wildman–Crippen LogP) is 0.766. The number of ether oxygens (including phenoxy) is 1. The monoisotopic (exact) mass is 238 g/mol. The molecule has 2 heterocycles. The van der Waals surface area contributed by atoms with Crippen molar-refractivity contribution in [1.82, 2.24) is 10.2 Å². The first-order valence-electron chi connectivity index (χ1n) is 6.98. The van der Waals surface area contributed by atoms with Gasteiger partial charge in [-0.2, -0.15) is 0 Å². The quantitative estimate of drug-likeness (QED) is 0.733. The third kappa shape index (κ3) is 2.20. The van der Waals surface area contributed by atoms with Gasteiger partial charge in [0.25, 0.3) is 0 Å². The van der Waals surface area contributed by atoms with Crippen molar-refractivity contribution < 1.29 is 9.53 Å². The minimum Gasteiger partial charge on any atom is -0.379 e. The summed E-state index contributed by atoms with van der Waals surface area (Å²) in [4.78, 5) is 14.6. The first kappa shape index (κ1) is 11.5. The summed E-state index contributed by atoms with van der Waals surface area (Å²) in [6.07, 6.45) is 5.79. The zero-order chi connectivity index (χ0) is 11.7. The Labute approximate surface area is 103 Å². The van der Waals surface area contributed by atoms with E-state index in [2.05, 4.69) is 10.2 Å². The van der Waals surface area contributed by atoms with Crippen molar-refractivity contribution >= 4 is 5.91 Å². The van der Waals surface area contributed by atoms with E-state index in [9.17, 15) is 4.79 Å². The lowest BCUT2D eigenvalue weighted by atomic mass is 10.0. The molecule has 3 aliphatic rings. The van der Waals surface area contributed by atoms with Gasteiger partial charge in [0, 0.05) is 18.5 Å². The molecule has 4 nitrogen and oxygen atoms in total. The van der Waals surface area contributed by atoms with Gasteiger partial charge in [0.2, 0.25) is 5.91 Å². The van der Waals surface area contributed by atoms with Crippen LogP contribution in [0.4, 0.5) is 0 Å². The Morgan fingerprint density at radius 1 is 1.24 bits per heavy atom. The number of hydrogen-bond donors (Lipinski definition) is 1. The van der Waals surface area contributed by atoms with E-state index in [0.29, 0.717) is 24.5 Å². The number of nitrogens with zero attached hydrogens (tertiary/aromatic N) is 1. The molecule has 0 radical (unpaired) electrons. The van der Waals surface area contributed by atoms with Crippen molar-refractivity contribution in [2.45, 2.75) is 44.2 Å². The van der Waals surface area contributed by atoms with Crippen molar-refractivity contribution in [3.8, 4) is 0 Å². The van der Waals surface area contributed by atoms with E-state index in [4.69, 9.17) is 4.74 Å². The number of fused-ring (bicyclic) bond motifs is 1. The van der Waals surface area contributed by atoms with Crippen LogP contribution in [-0.2, 0) is 9.53 Å². The molecule has 0 aromatic heterocycles. The second-order valence-corrected chi connectivity index (χ2v) is 5.51. The van der Waals surface area contributed by atoms with Crippen LogP contribution < -0.4 is 5.32 Å². The SMILES string of the molecule is O=C([C@@H]1CCCN1)N1CCOC[C@@H]2CCC[C@H]21. The Kier molecular flexibility index (Phi) is 3.34. The summed E-state index contributed by atoms with van der Waals surface area (Å²) >= 11 is 0. The molecule has 1 saturated carbocycles. The van der Waals surface area contributed by atoms with Gasteiger partial charge in [-0.3, -0.25) is 4.79 Å². The van der Waals surface area contributed by atoms with Crippen molar-refractivity contribution in [1.29, 1.82) is 0 Å². The second-order valence-electron chi connectivity index (χ2n) is 5.51. The van der Waals surface area contributed by atoms with E-state index in [1.54, 1.807) is 0 Å². The van der Waals surface area contributed by atoms with Gasteiger partial charge in [-0.25, -0.2) is 0 Å². The highest BCUT2D eigenvalue weighted by molar-refractivity contribution is 5.82. The lowest BCUT2D eigenvalue weighted by Crippen LogP contribution is -2.49. The Bertz CT molecular complexity index is 289. The minimum absolute atomic E-state index is 0.0781. The maximum absolute atomic E-state index is 12.5. The average molecular weight is 238 g/mol. The van der Waals surface area contributed by atoms with Crippen molar-refractivity contribution in [3.05, 3.63) is 0 Å². The topological polar surface area (TPSA) is 41.6 Å². The van der Waals surface area contributed by atoms with Crippen molar-refractivity contribution in [2.24, 2.45) is 5.92 Å². The van der Waals surface area contributed by atoms with Crippen LogP contribution in [0.15, 0.2) is 0 Å². The molecule has 2 aliphatic heterocycles. The summed E-state index contributed by atoms with van der Waals surface area (Å²) in [6.45, 7) is 3.35. The van der Waals surface area contributed by atoms with Gasteiger partial charge >= 0.3 is 0 Å². The molecular formula is C13H22N2O2. The summed E-state index contributed by atoms with van der Waals surface area (Å²) in [5, 5.41) is 3.32. The highest BCUT2D eigenvalue weighted by Crippen LogP contribution is 2.32. The lowest BCUT2D eigenvalue weighted by Gasteiger charge is -2.32. The fraction of sp³-hybridized carbons (Fsp3) is 0.923. The molecule has 4 heteroatoms. The normalized spacial score (nSPS) is 37.9. The molecule has 2 saturated heterocycles. The van der Waals surface area contributed by atoms with Crippen LogP contribution in [0.3, 0.4) is 0 Å². The molecule has 1 N–H and O–H groups in total. The lowest BCUT2D eigenvalue weighted by molar-refractivity contribution is -0.135. The van der Waals surface area contributed by atoms with Gasteiger partial charge in [0.15, 0.2) is 0 Å². The Morgan fingerprint density at radius 3 is 3.00 bits per heavy atom. The minimum atomic E-state index is 0.0781. The Morgan fingerprint density at radius 2 is 2.18 bits per heavy atom. The molecule has 1 aliphatic carbocycles. The maximum atomic E-state index is 12.5. The zero-order valence-corrected chi connectivity index (χ0v) is 10.4. The molecule has 96 valence electrons. The molecule has 0 aromatic carbocycles. The van der Waals surface area contributed by atoms with Crippen LogP contribution in [0.5, 0.6) is 0 Å². The van der Waals surface area contributed by atoms with Gasteiger partial charge in [-0.1, -0.05) is 6.42 Å². The summed E-state index contributed by atoms with van der Waals surface area (Å²) in [5.74, 6) is 0.910. The summed E-state index contributed by atoms with van der Waals surface area (Å²) in [5.41, 5.74) is 0. The summed E-state index contributed by atoms with van der Waals surface area (Å²) in [6, 6.07) is 0.529. The number of carbonyl (C=O) groups excluding carboxylic acids is 1. The van der Waals surface area contributed by atoms with Crippen LogP contribution in [0.1, 0.15) is 32.1 Å². The van der Waals surface area contributed by atoms with E-state index in [-0.39, 0.29) is 6.04 Å². The molecule has 3 atom stereocenters. The number of nitrogens with one attached hydrogen (secondary N) is 1. The number of carbonyl (C=O) groups is 1. The van der Waals surface area contributed by atoms with Crippen LogP contribution in [0, 0.1) is 5.92 Å². The molecule has 0 aromatic rings. The fourth-order valence-corrected chi connectivity index (χ4v) is 3.55. The highest BCUT2D eigenvalue weighted by atomic mass is 16.5. The van der Waals surface area contributed by atoms with Gasteiger partial charge in [-0.15, -0.1) is 0 Å². The molecule has 17 heavy (non-hydrogen) atoms. The average Bonchev–Trinajstić information content (AvgIpc) is 2.97. The molecule has 0 unspecified atom stereocenters. The number of amides is 1. The highest BCUT2D eigenvalue weighted by Gasteiger charge is 2.38. The Hall–Kier alpha value is -0.610. The van der Waals surface area contributed by atoms with Crippen LogP contribution in [0.25, 0.3) is 0 Å². The molecule has 0 spiro atoms. The molecule has 3 rings (SSSR count). The zero-order valence-electron chi connectivity index (χ0n) is 10.4. The van der Waals surface area contributed by atoms with Crippen molar-refractivity contribution in [2.75, 3.05) is 26.3 Å². The molecule has 0 bridgehead atoms. The van der Waals surface area contributed by atoms with E-state index >= 15 is 0 Å². The standard InChI is InChI=1S/C13H22N2O2/c16-13(11-4-2-6-14-11)15-7-8-17-9-10-3-1-5-12(10)15/h10-12,14H,1-9H2/t10-,11-,12+/m0/s1. The van der Waals surface area contributed by atoms with Gasteiger partial charge in [0.05, 0.1) is 19.3 Å². The summed E-state index contributed by atoms with van der Waals surface area (Å²) < 4.78 is 5.64. The van der Waals surface area contributed by atoms with Gasteiger partial charge in [-0.05, 0) is 32.2 Å². The maximum Gasteiger partial charge on any atom is 0.240 e.